The van der Waals surface area contributed by atoms with E-state index < -0.39 is 0 Å². The largest absolute Gasteiger partial charge is 0.508 e. The molecule has 3 N–H and O–H groups in total. The highest BCUT2D eigenvalue weighted by molar-refractivity contribution is 5.94. The van der Waals surface area contributed by atoms with Crippen molar-refractivity contribution in [1.29, 1.82) is 0 Å². The lowest BCUT2D eigenvalue weighted by Gasteiger charge is -2.04. The molecule has 0 atom stereocenters. The predicted molar refractivity (Wildman–Crippen MR) is 62.6 cm³/mol. The van der Waals surface area contributed by atoms with E-state index in [-0.39, 0.29) is 11.7 Å². The molecule has 0 bridgehead atoms. The number of amides is 1. The number of aromatic amines is 1. The number of aromatic hydroxyl groups is 1. The summed E-state index contributed by atoms with van der Waals surface area (Å²) < 4.78 is 0. The molecule has 5 nitrogen and oxygen atoms in total. The SMILES string of the molecule is Cc1[nH]ncc1C(=O)NCc1cccc(O)c1. The Morgan fingerprint density at radius 1 is 1.53 bits per heavy atom. The second kappa shape index (κ2) is 4.69. The average Bonchev–Trinajstić information content (AvgIpc) is 2.72. The van der Waals surface area contributed by atoms with E-state index in [0.29, 0.717) is 12.1 Å². The van der Waals surface area contributed by atoms with Crippen LogP contribution in [0, 0.1) is 6.92 Å². The third-order valence-electron chi connectivity index (χ3n) is 2.44. The van der Waals surface area contributed by atoms with Crippen LogP contribution in [0.5, 0.6) is 5.75 Å². The van der Waals surface area contributed by atoms with E-state index in [1.54, 1.807) is 25.1 Å². The molecule has 5 heteroatoms. The summed E-state index contributed by atoms with van der Waals surface area (Å²) in [4.78, 5) is 11.8. The van der Waals surface area contributed by atoms with Crippen molar-refractivity contribution in [2.24, 2.45) is 0 Å². The van der Waals surface area contributed by atoms with Gasteiger partial charge in [0.25, 0.3) is 5.91 Å². The maximum Gasteiger partial charge on any atom is 0.255 e. The Morgan fingerprint density at radius 2 is 2.35 bits per heavy atom. The molecule has 2 aromatic rings. The molecule has 0 fully saturated rings. The summed E-state index contributed by atoms with van der Waals surface area (Å²) in [5, 5.41) is 18.5. The molecule has 2 rings (SSSR count). The number of aryl methyl sites for hydroxylation is 1. The number of hydrogen-bond donors (Lipinski definition) is 3. The molecule has 0 saturated carbocycles. The first kappa shape index (κ1) is 11.2. The fourth-order valence-corrected chi connectivity index (χ4v) is 1.52. The summed E-state index contributed by atoms with van der Waals surface area (Å²) in [7, 11) is 0. The standard InChI is InChI=1S/C12H13N3O2/c1-8-11(7-14-15-8)12(17)13-6-9-3-2-4-10(16)5-9/h2-5,7,16H,6H2,1H3,(H,13,17)(H,14,15). The minimum atomic E-state index is -0.181. The van der Waals surface area contributed by atoms with E-state index in [0.717, 1.165) is 11.3 Å². The van der Waals surface area contributed by atoms with E-state index in [4.69, 9.17) is 0 Å². The van der Waals surface area contributed by atoms with E-state index in [1.165, 1.54) is 6.20 Å². The Balaban J connectivity index is 1.99. The second-order valence-electron chi connectivity index (χ2n) is 3.76. The topological polar surface area (TPSA) is 78.0 Å². The zero-order chi connectivity index (χ0) is 12.3. The zero-order valence-corrected chi connectivity index (χ0v) is 9.40. The molecule has 0 aliphatic carbocycles. The van der Waals surface area contributed by atoms with Crippen LogP contribution in [0.3, 0.4) is 0 Å². The lowest BCUT2D eigenvalue weighted by atomic mass is 10.2. The lowest BCUT2D eigenvalue weighted by molar-refractivity contribution is 0.0950. The van der Waals surface area contributed by atoms with Gasteiger partial charge in [0.05, 0.1) is 11.8 Å². The minimum Gasteiger partial charge on any atom is -0.508 e. The van der Waals surface area contributed by atoms with Crippen LogP contribution in [0.15, 0.2) is 30.5 Å². The zero-order valence-electron chi connectivity index (χ0n) is 9.40. The van der Waals surface area contributed by atoms with Crippen LogP contribution < -0.4 is 5.32 Å². The van der Waals surface area contributed by atoms with Crippen molar-refractivity contribution in [2.45, 2.75) is 13.5 Å². The Hall–Kier alpha value is -2.30. The lowest BCUT2D eigenvalue weighted by Crippen LogP contribution is -2.23. The molecule has 17 heavy (non-hydrogen) atoms. The van der Waals surface area contributed by atoms with Crippen LogP contribution in [0.2, 0.25) is 0 Å². The third kappa shape index (κ3) is 2.63. The fourth-order valence-electron chi connectivity index (χ4n) is 1.52. The molecule has 0 saturated heterocycles. The van der Waals surface area contributed by atoms with Gasteiger partial charge in [0, 0.05) is 12.2 Å². The second-order valence-corrected chi connectivity index (χ2v) is 3.76. The molecular weight excluding hydrogens is 218 g/mol. The van der Waals surface area contributed by atoms with Crippen molar-refractivity contribution >= 4 is 5.91 Å². The summed E-state index contributed by atoms with van der Waals surface area (Å²) in [6.45, 7) is 2.16. The Morgan fingerprint density at radius 3 is 3.00 bits per heavy atom. The number of carbonyl (C=O) groups is 1. The Bertz CT molecular complexity index is 534. The normalized spacial score (nSPS) is 10.2. The highest BCUT2D eigenvalue weighted by Gasteiger charge is 2.09. The van der Waals surface area contributed by atoms with Gasteiger partial charge in [-0.15, -0.1) is 0 Å². The van der Waals surface area contributed by atoms with E-state index in [9.17, 15) is 9.90 Å². The van der Waals surface area contributed by atoms with Gasteiger partial charge in [0.1, 0.15) is 5.75 Å². The third-order valence-corrected chi connectivity index (χ3v) is 2.44. The van der Waals surface area contributed by atoms with Crippen molar-refractivity contribution < 1.29 is 9.90 Å². The smallest absolute Gasteiger partial charge is 0.255 e. The van der Waals surface area contributed by atoms with Gasteiger partial charge < -0.3 is 10.4 Å². The number of aromatic nitrogens is 2. The number of phenolic OH excluding ortho intramolecular Hbond substituents is 1. The number of hydrogen-bond acceptors (Lipinski definition) is 3. The van der Waals surface area contributed by atoms with Gasteiger partial charge in [-0.3, -0.25) is 9.89 Å². The first-order chi connectivity index (χ1) is 8.16. The Kier molecular flexibility index (Phi) is 3.09. The minimum absolute atomic E-state index is 0.181. The molecule has 1 amide bonds. The first-order valence-electron chi connectivity index (χ1n) is 5.23. The number of rotatable bonds is 3. The summed E-state index contributed by atoms with van der Waals surface area (Å²) >= 11 is 0. The average molecular weight is 231 g/mol. The molecule has 0 radical (unpaired) electrons. The van der Waals surface area contributed by atoms with E-state index in [2.05, 4.69) is 15.5 Å². The van der Waals surface area contributed by atoms with Crippen LogP contribution in [0.4, 0.5) is 0 Å². The number of nitrogens with zero attached hydrogens (tertiary/aromatic N) is 1. The van der Waals surface area contributed by atoms with Gasteiger partial charge in [-0.1, -0.05) is 12.1 Å². The van der Waals surface area contributed by atoms with Crippen LogP contribution >= 0.6 is 0 Å². The summed E-state index contributed by atoms with van der Waals surface area (Å²) in [6.07, 6.45) is 1.49. The van der Waals surface area contributed by atoms with Crippen LogP contribution in [-0.2, 0) is 6.54 Å². The first-order valence-corrected chi connectivity index (χ1v) is 5.23. The van der Waals surface area contributed by atoms with Gasteiger partial charge in [-0.05, 0) is 24.6 Å². The molecule has 0 aliphatic rings. The van der Waals surface area contributed by atoms with Gasteiger partial charge in [-0.2, -0.15) is 5.10 Å². The maximum atomic E-state index is 11.8. The molecular formula is C12H13N3O2. The summed E-state index contributed by atoms with van der Waals surface area (Å²) in [6, 6.07) is 6.77. The highest BCUT2D eigenvalue weighted by atomic mass is 16.3. The van der Waals surface area contributed by atoms with Crippen molar-refractivity contribution in [3.63, 3.8) is 0 Å². The van der Waals surface area contributed by atoms with Gasteiger partial charge in [-0.25, -0.2) is 0 Å². The molecule has 1 aromatic heterocycles. The number of H-pyrrole nitrogens is 1. The predicted octanol–water partition coefficient (Wildman–Crippen LogP) is 1.35. The van der Waals surface area contributed by atoms with Crippen molar-refractivity contribution in [3.05, 3.63) is 47.3 Å². The number of carbonyl (C=O) groups excluding carboxylic acids is 1. The van der Waals surface area contributed by atoms with E-state index in [1.807, 2.05) is 6.07 Å². The molecule has 0 aliphatic heterocycles. The molecule has 88 valence electrons. The van der Waals surface area contributed by atoms with Crippen molar-refractivity contribution in [2.75, 3.05) is 0 Å². The number of benzene rings is 1. The quantitative estimate of drug-likeness (QED) is 0.746. The monoisotopic (exact) mass is 231 g/mol. The van der Waals surface area contributed by atoms with Gasteiger partial charge in [0.2, 0.25) is 0 Å². The van der Waals surface area contributed by atoms with Crippen LogP contribution in [0.1, 0.15) is 21.6 Å². The molecule has 0 unspecified atom stereocenters. The van der Waals surface area contributed by atoms with Gasteiger partial charge in [0.15, 0.2) is 0 Å². The van der Waals surface area contributed by atoms with Crippen LogP contribution in [0.25, 0.3) is 0 Å². The molecule has 1 aromatic carbocycles. The molecule has 1 heterocycles. The summed E-state index contributed by atoms with van der Waals surface area (Å²) in [5.41, 5.74) is 2.11. The maximum absolute atomic E-state index is 11.8. The summed E-state index contributed by atoms with van der Waals surface area (Å²) in [5.74, 6) is 0.0100. The van der Waals surface area contributed by atoms with Crippen LogP contribution in [-0.4, -0.2) is 21.2 Å². The van der Waals surface area contributed by atoms with E-state index >= 15 is 0 Å². The fraction of sp³-hybridized carbons (Fsp3) is 0.167. The Labute approximate surface area is 98.5 Å². The van der Waals surface area contributed by atoms with Crippen molar-refractivity contribution in [3.8, 4) is 5.75 Å². The molecule has 0 spiro atoms. The highest BCUT2D eigenvalue weighted by Crippen LogP contribution is 2.10. The van der Waals surface area contributed by atoms with Gasteiger partial charge >= 0.3 is 0 Å². The van der Waals surface area contributed by atoms with Crippen molar-refractivity contribution in [1.82, 2.24) is 15.5 Å². The number of nitrogens with one attached hydrogen (secondary N) is 2. The number of phenols is 1.